The number of nitrogens with zero attached hydrogens (tertiary/aromatic N) is 1. The van der Waals surface area contributed by atoms with Crippen LogP contribution in [0.15, 0.2) is 22.8 Å². The highest BCUT2D eigenvalue weighted by Gasteiger charge is 2.27. The van der Waals surface area contributed by atoms with Crippen LogP contribution in [0.2, 0.25) is 0 Å². The van der Waals surface area contributed by atoms with Crippen LogP contribution in [0.3, 0.4) is 0 Å². The number of rotatable bonds is 5. The van der Waals surface area contributed by atoms with Gasteiger partial charge >= 0.3 is 0 Å². The lowest BCUT2D eigenvalue weighted by Crippen LogP contribution is -2.53. The summed E-state index contributed by atoms with van der Waals surface area (Å²) in [7, 11) is 0. The molecular weight excluding hydrogens is 282 g/mol. The van der Waals surface area contributed by atoms with Crippen LogP contribution in [0.4, 0.5) is 0 Å². The molecular formula is C12H18BrN3O. The van der Waals surface area contributed by atoms with E-state index >= 15 is 0 Å². The van der Waals surface area contributed by atoms with Crippen molar-refractivity contribution in [3.63, 3.8) is 0 Å². The van der Waals surface area contributed by atoms with Crippen molar-refractivity contribution in [1.29, 1.82) is 0 Å². The van der Waals surface area contributed by atoms with E-state index in [0.29, 0.717) is 12.2 Å². The smallest absolute Gasteiger partial charge is 0.270 e. The van der Waals surface area contributed by atoms with E-state index in [2.05, 4.69) is 26.2 Å². The molecule has 0 saturated heterocycles. The van der Waals surface area contributed by atoms with Crippen molar-refractivity contribution in [2.75, 3.05) is 6.54 Å². The predicted octanol–water partition coefficient (Wildman–Crippen LogP) is 2.09. The van der Waals surface area contributed by atoms with Gasteiger partial charge < -0.3 is 11.1 Å². The van der Waals surface area contributed by atoms with Crippen LogP contribution in [0, 0.1) is 0 Å². The largest absolute Gasteiger partial charge is 0.344 e. The zero-order valence-corrected chi connectivity index (χ0v) is 11.8. The third-order valence-electron chi connectivity index (χ3n) is 3.08. The summed E-state index contributed by atoms with van der Waals surface area (Å²) in [6, 6.07) is 3.48. The van der Waals surface area contributed by atoms with Crippen molar-refractivity contribution >= 4 is 21.8 Å². The Morgan fingerprint density at radius 1 is 1.47 bits per heavy atom. The number of hydrogen-bond donors (Lipinski definition) is 2. The summed E-state index contributed by atoms with van der Waals surface area (Å²) in [6.45, 7) is 4.47. The number of carbonyl (C=O) groups excluding carboxylic acids is 1. The summed E-state index contributed by atoms with van der Waals surface area (Å²) >= 11 is 3.28. The summed E-state index contributed by atoms with van der Waals surface area (Å²) in [6.07, 6.45) is 3.22. The molecule has 3 N–H and O–H groups in total. The molecule has 94 valence electrons. The van der Waals surface area contributed by atoms with Crippen LogP contribution >= 0.6 is 15.9 Å². The van der Waals surface area contributed by atoms with E-state index < -0.39 is 0 Å². The molecule has 1 rings (SSSR count). The molecule has 0 aromatic carbocycles. The summed E-state index contributed by atoms with van der Waals surface area (Å²) in [5.41, 5.74) is 5.82. The molecule has 4 nitrogen and oxygen atoms in total. The van der Waals surface area contributed by atoms with Crippen LogP contribution in [-0.2, 0) is 0 Å². The molecule has 0 aliphatic carbocycles. The minimum atomic E-state index is -0.328. The molecule has 17 heavy (non-hydrogen) atoms. The molecule has 0 saturated carbocycles. The number of amides is 1. The van der Waals surface area contributed by atoms with Crippen LogP contribution < -0.4 is 11.1 Å². The van der Waals surface area contributed by atoms with Gasteiger partial charge in [-0.1, -0.05) is 13.8 Å². The van der Waals surface area contributed by atoms with E-state index in [0.717, 1.165) is 17.3 Å². The quantitative estimate of drug-likeness (QED) is 0.875. The van der Waals surface area contributed by atoms with Gasteiger partial charge in [0.15, 0.2) is 0 Å². The van der Waals surface area contributed by atoms with E-state index in [1.807, 2.05) is 13.8 Å². The highest BCUT2D eigenvalue weighted by molar-refractivity contribution is 9.10. The highest BCUT2D eigenvalue weighted by atomic mass is 79.9. The van der Waals surface area contributed by atoms with Gasteiger partial charge in [0.1, 0.15) is 5.69 Å². The first kappa shape index (κ1) is 14.1. The first-order valence-electron chi connectivity index (χ1n) is 5.71. The van der Waals surface area contributed by atoms with E-state index in [1.165, 1.54) is 0 Å². The van der Waals surface area contributed by atoms with Gasteiger partial charge in [-0.05, 0) is 40.9 Å². The van der Waals surface area contributed by atoms with E-state index in [9.17, 15) is 4.79 Å². The maximum atomic E-state index is 12.0. The number of hydrogen-bond acceptors (Lipinski definition) is 3. The van der Waals surface area contributed by atoms with Crippen molar-refractivity contribution in [3.8, 4) is 0 Å². The van der Waals surface area contributed by atoms with Gasteiger partial charge in [0.05, 0.1) is 5.54 Å². The minimum absolute atomic E-state index is 0.174. The summed E-state index contributed by atoms with van der Waals surface area (Å²) < 4.78 is 0.852. The number of halogens is 1. The lowest BCUT2D eigenvalue weighted by atomic mass is 9.93. The van der Waals surface area contributed by atoms with Crippen LogP contribution in [-0.4, -0.2) is 23.0 Å². The molecule has 1 aromatic heterocycles. The molecule has 0 radical (unpaired) electrons. The Labute approximate surface area is 110 Å². The second kappa shape index (κ2) is 6.12. The Balaban J connectivity index is 2.81. The van der Waals surface area contributed by atoms with E-state index in [-0.39, 0.29) is 11.4 Å². The number of aromatic nitrogens is 1. The maximum Gasteiger partial charge on any atom is 0.270 e. The molecule has 0 atom stereocenters. The van der Waals surface area contributed by atoms with Crippen LogP contribution in [0.5, 0.6) is 0 Å². The lowest BCUT2D eigenvalue weighted by Gasteiger charge is -2.31. The van der Waals surface area contributed by atoms with Gasteiger partial charge in [-0.15, -0.1) is 0 Å². The standard InChI is InChI=1S/C12H18BrN3O/c1-3-12(4-2,8-14)16-11(17)10-6-5-9(13)7-15-10/h5-7H,3-4,8,14H2,1-2H3,(H,16,17). The molecule has 1 amide bonds. The SMILES string of the molecule is CCC(CC)(CN)NC(=O)c1ccc(Br)cn1. The highest BCUT2D eigenvalue weighted by Crippen LogP contribution is 2.14. The van der Waals surface area contributed by atoms with Gasteiger partial charge in [-0.2, -0.15) is 0 Å². The fraction of sp³-hybridized carbons (Fsp3) is 0.500. The van der Waals surface area contributed by atoms with E-state index in [1.54, 1.807) is 18.3 Å². The Kier molecular flexibility index (Phi) is 5.08. The number of nitrogens with one attached hydrogen (secondary N) is 1. The number of nitrogens with two attached hydrogens (primary N) is 1. The first-order valence-corrected chi connectivity index (χ1v) is 6.50. The normalized spacial score (nSPS) is 11.3. The van der Waals surface area contributed by atoms with Gasteiger partial charge in [0.2, 0.25) is 0 Å². The van der Waals surface area contributed by atoms with Crippen molar-refractivity contribution < 1.29 is 4.79 Å². The third-order valence-corrected chi connectivity index (χ3v) is 3.55. The van der Waals surface area contributed by atoms with Crippen molar-refractivity contribution in [2.45, 2.75) is 32.2 Å². The van der Waals surface area contributed by atoms with Crippen LogP contribution in [0.1, 0.15) is 37.2 Å². The Bertz CT molecular complexity index is 366. The number of pyridine rings is 1. The van der Waals surface area contributed by atoms with Crippen LogP contribution in [0.25, 0.3) is 0 Å². The molecule has 5 heteroatoms. The van der Waals surface area contributed by atoms with E-state index in [4.69, 9.17) is 5.73 Å². The third kappa shape index (κ3) is 3.51. The van der Waals surface area contributed by atoms with Gasteiger partial charge in [0.25, 0.3) is 5.91 Å². The average molecular weight is 300 g/mol. The minimum Gasteiger partial charge on any atom is -0.344 e. The first-order chi connectivity index (χ1) is 8.06. The molecule has 0 spiro atoms. The fourth-order valence-electron chi connectivity index (χ4n) is 1.58. The monoisotopic (exact) mass is 299 g/mol. The Morgan fingerprint density at radius 2 is 2.12 bits per heavy atom. The maximum absolute atomic E-state index is 12.0. The van der Waals surface area contributed by atoms with Gasteiger partial charge in [0, 0.05) is 17.2 Å². The predicted molar refractivity (Wildman–Crippen MR) is 71.8 cm³/mol. The number of carbonyl (C=O) groups is 1. The molecule has 0 aliphatic heterocycles. The zero-order valence-electron chi connectivity index (χ0n) is 10.2. The molecule has 0 bridgehead atoms. The average Bonchev–Trinajstić information content (AvgIpc) is 2.37. The second-order valence-corrected chi connectivity index (χ2v) is 4.92. The van der Waals surface area contributed by atoms with Crippen molar-refractivity contribution in [3.05, 3.63) is 28.5 Å². The Morgan fingerprint density at radius 3 is 2.53 bits per heavy atom. The van der Waals surface area contributed by atoms with Gasteiger partial charge in [-0.3, -0.25) is 4.79 Å². The topological polar surface area (TPSA) is 68.0 Å². The zero-order chi connectivity index (χ0) is 12.9. The molecule has 1 aromatic rings. The lowest BCUT2D eigenvalue weighted by molar-refractivity contribution is 0.0890. The fourth-order valence-corrected chi connectivity index (χ4v) is 1.82. The summed E-state index contributed by atoms with van der Waals surface area (Å²) in [5.74, 6) is -0.174. The second-order valence-electron chi connectivity index (χ2n) is 4.01. The Hall–Kier alpha value is -0.940. The van der Waals surface area contributed by atoms with Gasteiger partial charge in [-0.25, -0.2) is 4.98 Å². The summed E-state index contributed by atoms with van der Waals surface area (Å²) in [5, 5.41) is 2.97. The van der Waals surface area contributed by atoms with Crippen molar-refractivity contribution in [1.82, 2.24) is 10.3 Å². The molecule has 0 aliphatic rings. The molecule has 0 unspecified atom stereocenters. The summed E-state index contributed by atoms with van der Waals surface area (Å²) in [4.78, 5) is 16.1. The molecule has 1 heterocycles. The van der Waals surface area contributed by atoms with Crippen molar-refractivity contribution in [2.24, 2.45) is 5.73 Å². The molecule has 0 fully saturated rings.